The fourth-order valence-corrected chi connectivity index (χ4v) is 2.35. The van der Waals surface area contributed by atoms with E-state index in [-0.39, 0.29) is 40.9 Å². The largest absolute Gasteiger partial charge is 0.488 e. The van der Waals surface area contributed by atoms with E-state index < -0.39 is 13.0 Å². The van der Waals surface area contributed by atoms with Crippen molar-refractivity contribution in [2.45, 2.75) is 26.8 Å². The van der Waals surface area contributed by atoms with Crippen LogP contribution in [0.1, 0.15) is 29.8 Å². The molecule has 0 aliphatic rings. The van der Waals surface area contributed by atoms with Gasteiger partial charge in [-0.25, -0.2) is 13.8 Å². The van der Waals surface area contributed by atoms with E-state index in [1.54, 1.807) is 19.9 Å². The number of rotatable bonds is 8. The zero-order chi connectivity index (χ0) is 20.7. The molecule has 1 heterocycles. The molecule has 0 aliphatic heterocycles. The molecule has 0 fully saturated rings. The van der Waals surface area contributed by atoms with Crippen LogP contribution in [-0.4, -0.2) is 29.8 Å². The molecule has 0 unspecified atom stereocenters. The third-order valence-corrected chi connectivity index (χ3v) is 3.99. The fraction of sp³-hybridized carbons (Fsp3) is 0.316. The van der Waals surface area contributed by atoms with Crippen molar-refractivity contribution in [3.63, 3.8) is 0 Å². The maximum atomic E-state index is 12.3. The lowest BCUT2D eigenvalue weighted by molar-refractivity contribution is -0.118. The Morgan fingerprint density at radius 3 is 2.61 bits per heavy atom. The van der Waals surface area contributed by atoms with Crippen LogP contribution in [0.25, 0.3) is 0 Å². The van der Waals surface area contributed by atoms with Crippen molar-refractivity contribution in [1.82, 2.24) is 10.3 Å². The fourth-order valence-electron chi connectivity index (χ4n) is 2.11. The zero-order valence-corrected chi connectivity index (χ0v) is 16.1. The summed E-state index contributed by atoms with van der Waals surface area (Å²) in [6.45, 7) is 2.91. The molecule has 0 atom stereocenters. The summed E-state index contributed by atoms with van der Waals surface area (Å²) in [5.74, 6) is -0.290. The molecule has 28 heavy (non-hydrogen) atoms. The van der Waals surface area contributed by atoms with E-state index in [0.29, 0.717) is 11.1 Å². The van der Waals surface area contributed by atoms with Gasteiger partial charge in [0.2, 0.25) is 5.91 Å². The first kappa shape index (κ1) is 21.6. The number of aromatic nitrogens is 1. The smallest absolute Gasteiger partial charge is 0.272 e. The second-order valence-electron chi connectivity index (χ2n) is 6.21. The molecule has 0 saturated carbocycles. The van der Waals surface area contributed by atoms with Crippen LogP contribution in [-0.2, 0) is 11.3 Å². The average Bonchev–Trinajstić information content (AvgIpc) is 2.65. The van der Waals surface area contributed by atoms with Crippen LogP contribution in [0.5, 0.6) is 5.75 Å². The molecule has 1 aromatic heterocycles. The number of hydrogen-bond acceptors (Lipinski definition) is 4. The van der Waals surface area contributed by atoms with Crippen molar-refractivity contribution in [3.8, 4) is 5.75 Å². The van der Waals surface area contributed by atoms with E-state index in [1.807, 2.05) is 0 Å². The number of nitrogens with one attached hydrogen (secondary N) is 2. The Hall–Kier alpha value is -2.74. The molecular weight excluding hydrogens is 392 g/mol. The highest BCUT2D eigenvalue weighted by molar-refractivity contribution is 6.31. The Morgan fingerprint density at radius 2 is 1.96 bits per heavy atom. The lowest BCUT2D eigenvalue weighted by atomic mass is 10.2. The molecule has 0 aliphatic carbocycles. The topological polar surface area (TPSA) is 80.3 Å². The number of carbonyl (C=O) groups is 2. The van der Waals surface area contributed by atoms with Crippen LogP contribution >= 0.6 is 11.6 Å². The van der Waals surface area contributed by atoms with Crippen molar-refractivity contribution in [3.05, 3.63) is 52.7 Å². The Kier molecular flexibility index (Phi) is 7.69. The highest BCUT2D eigenvalue weighted by Crippen LogP contribution is 2.23. The molecule has 2 rings (SSSR count). The second-order valence-corrected chi connectivity index (χ2v) is 6.62. The third-order valence-electron chi connectivity index (χ3n) is 3.64. The monoisotopic (exact) mass is 411 g/mol. The van der Waals surface area contributed by atoms with E-state index in [0.717, 1.165) is 0 Å². The van der Waals surface area contributed by atoms with Gasteiger partial charge in [-0.05, 0) is 29.8 Å². The molecule has 0 radical (unpaired) electrons. The van der Waals surface area contributed by atoms with Crippen LogP contribution in [0.4, 0.5) is 14.6 Å². The van der Waals surface area contributed by atoms with Gasteiger partial charge in [0.25, 0.3) is 12.3 Å². The van der Waals surface area contributed by atoms with Gasteiger partial charge in [0.15, 0.2) is 0 Å². The van der Waals surface area contributed by atoms with E-state index in [4.69, 9.17) is 16.3 Å². The molecule has 9 heteroatoms. The lowest BCUT2D eigenvalue weighted by Crippen LogP contribution is -2.24. The van der Waals surface area contributed by atoms with Gasteiger partial charge in [-0.1, -0.05) is 31.5 Å². The summed E-state index contributed by atoms with van der Waals surface area (Å²) in [6, 6.07) is 7.49. The number of alkyl halides is 2. The van der Waals surface area contributed by atoms with E-state index >= 15 is 0 Å². The Labute approximate surface area is 166 Å². The number of halogens is 3. The number of amides is 2. The Balaban J connectivity index is 1.97. The summed E-state index contributed by atoms with van der Waals surface area (Å²) >= 11 is 6.11. The first-order valence-electron chi connectivity index (χ1n) is 8.50. The summed E-state index contributed by atoms with van der Waals surface area (Å²) < 4.78 is 29.2. The van der Waals surface area contributed by atoms with Gasteiger partial charge in [-0.15, -0.1) is 0 Å². The van der Waals surface area contributed by atoms with E-state index in [9.17, 15) is 18.4 Å². The molecule has 0 spiro atoms. The van der Waals surface area contributed by atoms with Crippen LogP contribution in [0.2, 0.25) is 5.02 Å². The molecule has 0 saturated heterocycles. The first-order chi connectivity index (χ1) is 13.3. The van der Waals surface area contributed by atoms with Gasteiger partial charge < -0.3 is 15.4 Å². The standard InChI is InChI=1S/C19H20ClF2N3O3/c1-11(2)18(26)25-17-7-12(5-6-23-17)19(27)24-9-13-3-4-14(8-15(13)20)28-10-16(21)22/h3-8,11,16H,9-10H2,1-2H3,(H,24,27)(H,23,25,26). The zero-order valence-electron chi connectivity index (χ0n) is 15.3. The number of benzene rings is 1. The predicted octanol–water partition coefficient (Wildman–Crippen LogP) is 3.90. The van der Waals surface area contributed by atoms with Crippen LogP contribution in [0.3, 0.4) is 0 Å². The average molecular weight is 412 g/mol. The van der Waals surface area contributed by atoms with Gasteiger partial charge in [-0.2, -0.15) is 0 Å². The molecular formula is C19H20ClF2N3O3. The molecule has 6 nitrogen and oxygen atoms in total. The van der Waals surface area contributed by atoms with Crippen LogP contribution < -0.4 is 15.4 Å². The maximum absolute atomic E-state index is 12.3. The summed E-state index contributed by atoms with van der Waals surface area (Å²) in [4.78, 5) is 28.1. The Bertz CT molecular complexity index is 847. The summed E-state index contributed by atoms with van der Waals surface area (Å²) in [5.41, 5.74) is 0.920. The van der Waals surface area contributed by atoms with E-state index in [2.05, 4.69) is 15.6 Å². The van der Waals surface area contributed by atoms with E-state index in [1.165, 1.54) is 30.5 Å². The summed E-state index contributed by atoms with van der Waals surface area (Å²) in [6.07, 6.45) is -1.15. The Morgan fingerprint density at radius 1 is 1.21 bits per heavy atom. The van der Waals surface area contributed by atoms with Gasteiger partial charge in [0.1, 0.15) is 18.2 Å². The molecule has 150 valence electrons. The van der Waals surface area contributed by atoms with Crippen molar-refractivity contribution in [2.75, 3.05) is 11.9 Å². The lowest BCUT2D eigenvalue weighted by Gasteiger charge is -2.11. The van der Waals surface area contributed by atoms with Crippen LogP contribution in [0.15, 0.2) is 36.5 Å². The predicted molar refractivity (Wildman–Crippen MR) is 102 cm³/mol. The van der Waals surface area contributed by atoms with Gasteiger partial charge in [-0.3, -0.25) is 9.59 Å². The number of ether oxygens (including phenoxy) is 1. The minimum Gasteiger partial charge on any atom is -0.488 e. The van der Waals surface area contributed by atoms with Gasteiger partial charge in [0.05, 0.1) is 0 Å². The summed E-state index contributed by atoms with van der Waals surface area (Å²) in [5, 5.41) is 5.62. The number of anilines is 1. The SMILES string of the molecule is CC(C)C(=O)Nc1cc(C(=O)NCc2ccc(OCC(F)F)cc2Cl)ccn1. The van der Waals surface area contributed by atoms with Crippen molar-refractivity contribution < 1.29 is 23.1 Å². The number of pyridine rings is 1. The molecule has 1 aromatic carbocycles. The van der Waals surface area contributed by atoms with Crippen molar-refractivity contribution >= 4 is 29.2 Å². The minimum atomic E-state index is -2.58. The first-order valence-corrected chi connectivity index (χ1v) is 8.88. The highest BCUT2D eigenvalue weighted by atomic mass is 35.5. The molecule has 2 N–H and O–H groups in total. The number of carbonyl (C=O) groups excluding carboxylic acids is 2. The normalized spacial score (nSPS) is 10.8. The molecule has 2 aromatic rings. The summed E-state index contributed by atoms with van der Waals surface area (Å²) in [7, 11) is 0. The number of hydrogen-bond donors (Lipinski definition) is 2. The van der Waals surface area contributed by atoms with Crippen LogP contribution in [0, 0.1) is 5.92 Å². The van der Waals surface area contributed by atoms with Crippen molar-refractivity contribution in [2.24, 2.45) is 5.92 Å². The molecule has 0 bridgehead atoms. The highest BCUT2D eigenvalue weighted by Gasteiger charge is 2.12. The van der Waals surface area contributed by atoms with Gasteiger partial charge >= 0.3 is 0 Å². The third kappa shape index (κ3) is 6.45. The van der Waals surface area contributed by atoms with Crippen molar-refractivity contribution in [1.29, 1.82) is 0 Å². The second kappa shape index (κ2) is 9.98. The molecule has 2 amide bonds. The minimum absolute atomic E-state index is 0.128. The maximum Gasteiger partial charge on any atom is 0.272 e. The van der Waals surface area contributed by atoms with Gasteiger partial charge in [0, 0.05) is 29.2 Å². The number of nitrogens with zero attached hydrogens (tertiary/aromatic N) is 1. The quantitative estimate of drug-likeness (QED) is 0.690.